The van der Waals surface area contributed by atoms with Crippen LogP contribution in [0.5, 0.6) is 0 Å². The van der Waals surface area contributed by atoms with Gasteiger partial charge in [0.05, 0.1) is 5.56 Å². The first kappa shape index (κ1) is 20.0. The highest BCUT2D eigenvalue weighted by molar-refractivity contribution is 5.93. The molecule has 3 rings (SSSR count). The molecule has 0 N–H and O–H groups in total. The predicted molar refractivity (Wildman–Crippen MR) is 97.8 cm³/mol. The molecule has 3 heterocycles. The minimum atomic E-state index is -4.55. The third kappa shape index (κ3) is 4.76. The average molecular weight is 393 g/mol. The number of hydrogen-bond donors (Lipinski definition) is 0. The first-order chi connectivity index (χ1) is 13.4. The standard InChI is InChI=1S/C19H22F3N5O/c1-2-26(17(28)15-4-3-8-23-12-15)13-14-6-10-27(11-7-14)16-5-9-24-18(25-16)19(20,21)22/h3-5,8-9,12,14H,2,6-7,10-11,13H2,1H3. The number of anilines is 1. The van der Waals surface area contributed by atoms with E-state index in [1.165, 1.54) is 6.07 Å². The minimum absolute atomic E-state index is 0.0522. The molecule has 0 radical (unpaired) electrons. The molecule has 9 heteroatoms. The third-order valence-corrected chi connectivity index (χ3v) is 4.89. The van der Waals surface area contributed by atoms with Crippen molar-refractivity contribution in [1.82, 2.24) is 19.9 Å². The molecule has 0 bridgehead atoms. The number of pyridine rings is 1. The van der Waals surface area contributed by atoms with Crippen molar-refractivity contribution >= 4 is 11.7 Å². The van der Waals surface area contributed by atoms with Crippen LogP contribution in [0.25, 0.3) is 0 Å². The number of piperidine rings is 1. The van der Waals surface area contributed by atoms with Crippen molar-refractivity contribution in [2.45, 2.75) is 25.9 Å². The Balaban J connectivity index is 1.58. The molecule has 0 saturated carbocycles. The summed E-state index contributed by atoms with van der Waals surface area (Å²) in [5, 5.41) is 0. The van der Waals surface area contributed by atoms with Crippen molar-refractivity contribution < 1.29 is 18.0 Å². The third-order valence-electron chi connectivity index (χ3n) is 4.89. The number of carbonyl (C=O) groups is 1. The summed E-state index contributed by atoms with van der Waals surface area (Å²) in [6.45, 7) is 4.34. The second kappa shape index (κ2) is 8.53. The lowest BCUT2D eigenvalue weighted by atomic mass is 9.96. The van der Waals surface area contributed by atoms with Crippen LogP contribution in [0.1, 0.15) is 35.9 Å². The van der Waals surface area contributed by atoms with E-state index in [0.717, 1.165) is 19.0 Å². The van der Waals surface area contributed by atoms with Crippen molar-refractivity contribution in [3.8, 4) is 0 Å². The van der Waals surface area contributed by atoms with Gasteiger partial charge in [0.25, 0.3) is 5.91 Å². The van der Waals surface area contributed by atoms with E-state index in [9.17, 15) is 18.0 Å². The molecule has 0 atom stereocenters. The molecule has 0 aliphatic carbocycles. The monoisotopic (exact) mass is 393 g/mol. The van der Waals surface area contributed by atoms with Gasteiger partial charge in [-0.2, -0.15) is 13.2 Å². The Hall–Kier alpha value is -2.71. The van der Waals surface area contributed by atoms with Crippen molar-refractivity contribution in [3.63, 3.8) is 0 Å². The van der Waals surface area contributed by atoms with Crippen molar-refractivity contribution in [3.05, 3.63) is 48.2 Å². The predicted octanol–water partition coefficient (Wildman–Crippen LogP) is 3.27. The topological polar surface area (TPSA) is 62.2 Å². The maximum absolute atomic E-state index is 12.8. The number of alkyl halides is 3. The van der Waals surface area contributed by atoms with Crippen LogP contribution in [-0.2, 0) is 6.18 Å². The summed E-state index contributed by atoms with van der Waals surface area (Å²) in [5.74, 6) is -0.588. The number of halogens is 3. The Morgan fingerprint density at radius 1 is 1.25 bits per heavy atom. The minimum Gasteiger partial charge on any atom is -0.356 e. The number of nitrogens with zero attached hydrogens (tertiary/aromatic N) is 5. The van der Waals surface area contributed by atoms with Crippen LogP contribution >= 0.6 is 0 Å². The highest BCUT2D eigenvalue weighted by atomic mass is 19.4. The lowest BCUT2D eigenvalue weighted by molar-refractivity contribution is -0.144. The number of amides is 1. The van der Waals surface area contributed by atoms with Gasteiger partial charge in [0.2, 0.25) is 5.82 Å². The fourth-order valence-electron chi connectivity index (χ4n) is 3.35. The van der Waals surface area contributed by atoms with Crippen LogP contribution in [-0.4, -0.2) is 51.9 Å². The molecule has 1 aliphatic heterocycles. The molecule has 150 valence electrons. The van der Waals surface area contributed by atoms with Crippen LogP contribution in [0.2, 0.25) is 0 Å². The Labute approximate surface area is 161 Å². The Bertz CT molecular complexity index is 792. The molecular formula is C19H22F3N5O. The molecule has 6 nitrogen and oxygen atoms in total. The summed E-state index contributed by atoms with van der Waals surface area (Å²) in [6, 6.07) is 4.98. The lowest BCUT2D eigenvalue weighted by Gasteiger charge is -2.35. The van der Waals surface area contributed by atoms with Gasteiger partial charge in [-0.05, 0) is 43.9 Å². The van der Waals surface area contributed by atoms with Gasteiger partial charge in [-0.1, -0.05) is 0 Å². The summed E-state index contributed by atoms with van der Waals surface area (Å²) in [5.41, 5.74) is 0.558. The second-order valence-electron chi connectivity index (χ2n) is 6.75. The highest BCUT2D eigenvalue weighted by Gasteiger charge is 2.35. The average Bonchev–Trinajstić information content (AvgIpc) is 2.72. The first-order valence-electron chi connectivity index (χ1n) is 9.23. The van der Waals surface area contributed by atoms with Gasteiger partial charge < -0.3 is 9.80 Å². The van der Waals surface area contributed by atoms with Crippen LogP contribution in [0.4, 0.5) is 19.0 Å². The normalized spacial score (nSPS) is 15.5. The van der Waals surface area contributed by atoms with E-state index < -0.39 is 12.0 Å². The summed E-state index contributed by atoms with van der Waals surface area (Å²) >= 11 is 0. The molecule has 0 spiro atoms. The van der Waals surface area contributed by atoms with E-state index in [2.05, 4.69) is 15.0 Å². The summed E-state index contributed by atoms with van der Waals surface area (Å²) in [4.78, 5) is 27.2. The van der Waals surface area contributed by atoms with Gasteiger partial charge in [-0.15, -0.1) is 0 Å². The molecule has 0 unspecified atom stereocenters. The van der Waals surface area contributed by atoms with Gasteiger partial charge in [0, 0.05) is 44.8 Å². The van der Waals surface area contributed by atoms with Crippen LogP contribution in [0.3, 0.4) is 0 Å². The van der Waals surface area contributed by atoms with E-state index in [0.29, 0.717) is 43.5 Å². The number of carbonyl (C=O) groups excluding carboxylic acids is 1. The molecule has 2 aromatic heterocycles. The van der Waals surface area contributed by atoms with Gasteiger partial charge in [0.1, 0.15) is 5.82 Å². The number of hydrogen-bond acceptors (Lipinski definition) is 5. The fourth-order valence-corrected chi connectivity index (χ4v) is 3.35. The summed E-state index contributed by atoms with van der Waals surface area (Å²) in [6.07, 6.45) is 1.33. The zero-order valence-corrected chi connectivity index (χ0v) is 15.6. The molecule has 1 saturated heterocycles. The summed E-state index contributed by atoms with van der Waals surface area (Å²) < 4.78 is 38.4. The van der Waals surface area contributed by atoms with Gasteiger partial charge in [0.15, 0.2) is 0 Å². The van der Waals surface area contributed by atoms with Crippen LogP contribution < -0.4 is 4.90 Å². The SMILES string of the molecule is CCN(CC1CCN(c2ccnc(C(F)(F)F)n2)CC1)C(=O)c1cccnc1. The summed E-state index contributed by atoms with van der Waals surface area (Å²) in [7, 11) is 0. The Morgan fingerprint density at radius 2 is 2.00 bits per heavy atom. The van der Waals surface area contributed by atoms with E-state index in [4.69, 9.17) is 0 Å². The highest BCUT2D eigenvalue weighted by Crippen LogP contribution is 2.28. The van der Waals surface area contributed by atoms with Crippen molar-refractivity contribution in [1.29, 1.82) is 0 Å². The molecule has 2 aromatic rings. The van der Waals surface area contributed by atoms with E-state index in [-0.39, 0.29) is 5.91 Å². The zero-order chi connectivity index (χ0) is 20.1. The van der Waals surface area contributed by atoms with Crippen LogP contribution in [0, 0.1) is 5.92 Å². The molecular weight excluding hydrogens is 371 g/mol. The van der Waals surface area contributed by atoms with E-state index in [1.54, 1.807) is 29.4 Å². The van der Waals surface area contributed by atoms with Crippen molar-refractivity contribution in [2.75, 3.05) is 31.1 Å². The first-order valence-corrected chi connectivity index (χ1v) is 9.23. The number of aromatic nitrogens is 3. The maximum atomic E-state index is 12.8. The lowest BCUT2D eigenvalue weighted by Crippen LogP contribution is -2.41. The van der Waals surface area contributed by atoms with Crippen LogP contribution in [0.15, 0.2) is 36.8 Å². The smallest absolute Gasteiger partial charge is 0.356 e. The number of rotatable bonds is 5. The molecule has 1 amide bonds. The fraction of sp³-hybridized carbons (Fsp3) is 0.474. The quantitative estimate of drug-likeness (QED) is 0.780. The largest absolute Gasteiger partial charge is 0.451 e. The molecule has 0 aromatic carbocycles. The molecule has 28 heavy (non-hydrogen) atoms. The Kier molecular flexibility index (Phi) is 6.11. The molecule has 1 aliphatic rings. The zero-order valence-electron chi connectivity index (χ0n) is 15.6. The second-order valence-corrected chi connectivity index (χ2v) is 6.75. The molecule has 1 fully saturated rings. The maximum Gasteiger partial charge on any atom is 0.451 e. The van der Waals surface area contributed by atoms with Crippen molar-refractivity contribution in [2.24, 2.45) is 5.92 Å². The van der Waals surface area contributed by atoms with E-state index >= 15 is 0 Å². The Morgan fingerprint density at radius 3 is 2.61 bits per heavy atom. The van der Waals surface area contributed by atoms with Gasteiger partial charge in [-0.3, -0.25) is 9.78 Å². The van der Waals surface area contributed by atoms with Gasteiger partial charge in [-0.25, -0.2) is 9.97 Å². The van der Waals surface area contributed by atoms with Gasteiger partial charge >= 0.3 is 6.18 Å². The van der Waals surface area contributed by atoms with E-state index in [1.807, 2.05) is 11.8 Å².